The van der Waals surface area contributed by atoms with Gasteiger partial charge in [0.15, 0.2) is 5.82 Å². The van der Waals surface area contributed by atoms with Crippen molar-refractivity contribution < 1.29 is 22.3 Å². The molecular formula is C23H15Cl2F4N7O. The quantitative estimate of drug-likeness (QED) is 0.114. The Labute approximate surface area is 217 Å². The molecule has 0 amide bonds. The van der Waals surface area contributed by atoms with Crippen molar-refractivity contribution in [2.24, 2.45) is 5.10 Å². The van der Waals surface area contributed by atoms with Crippen molar-refractivity contribution in [2.45, 2.75) is 12.9 Å². The van der Waals surface area contributed by atoms with Gasteiger partial charge in [-0.05, 0) is 53.6 Å². The average molecular weight is 552 g/mol. The van der Waals surface area contributed by atoms with E-state index in [-0.39, 0.29) is 40.6 Å². The van der Waals surface area contributed by atoms with Gasteiger partial charge in [0.25, 0.3) is 0 Å². The Hall–Kier alpha value is -4.03. The maximum absolute atomic E-state index is 14.5. The van der Waals surface area contributed by atoms with Gasteiger partial charge in [0.2, 0.25) is 11.9 Å². The summed E-state index contributed by atoms with van der Waals surface area (Å²) in [6, 6.07) is 12.6. The number of hydrogen-bond donors (Lipinski definition) is 2. The van der Waals surface area contributed by atoms with Gasteiger partial charge in [0.1, 0.15) is 16.7 Å². The molecule has 2 aromatic carbocycles. The molecule has 14 heteroatoms. The van der Waals surface area contributed by atoms with Crippen LogP contribution in [-0.4, -0.2) is 32.5 Å². The Bertz CT molecular complexity index is 1380. The molecule has 2 N–H and O–H groups in total. The van der Waals surface area contributed by atoms with E-state index in [9.17, 15) is 17.6 Å². The fourth-order valence-corrected chi connectivity index (χ4v) is 3.30. The summed E-state index contributed by atoms with van der Waals surface area (Å²) >= 11 is 12.0. The van der Waals surface area contributed by atoms with Crippen molar-refractivity contribution in [1.29, 1.82) is 0 Å². The molecule has 4 rings (SSSR count). The minimum absolute atomic E-state index is 0.0324. The number of alkyl halides is 3. The van der Waals surface area contributed by atoms with Crippen LogP contribution in [0.3, 0.4) is 0 Å². The molecule has 0 unspecified atom stereocenters. The molecular weight excluding hydrogens is 537 g/mol. The molecule has 0 aliphatic heterocycles. The van der Waals surface area contributed by atoms with Crippen LogP contribution in [0.4, 0.5) is 29.5 Å². The fraction of sp³-hybridized carbons (Fsp3) is 0.0870. The van der Waals surface area contributed by atoms with Gasteiger partial charge in [-0.1, -0.05) is 35.3 Å². The van der Waals surface area contributed by atoms with Gasteiger partial charge in [-0.3, -0.25) is 0 Å². The van der Waals surface area contributed by atoms with Crippen molar-refractivity contribution in [3.8, 4) is 17.1 Å². The molecule has 0 saturated heterocycles. The van der Waals surface area contributed by atoms with Gasteiger partial charge in [-0.25, -0.2) is 14.8 Å². The lowest BCUT2D eigenvalue weighted by Gasteiger charge is -2.10. The summed E-state index contributed by atoms with van der Waals surface area (Å²) in [7, 11) is 0. The second-order valence-electron chi connectivity index (χ2n) is 7.23. The van der Waals surface area contributed by atoms with E-state index in [1.165, 1.54) is 36.5 Å². The zero-order valence-electron chi connectivity index (χ0n) is 18.5. The van der Waals surface area contributed by atoms with E-state index in [1.807, 2.05) is 0 Å². The van der Waals surface area contributed by atoms with Gasteiger partial charge in [0.05, 0.1) is 16.8 Å². The lowest BCUT2D eigenvalue weighted by molar-refractivity contribution is -0.274. The van der Waals surface area contributed by atoms with Crippen LogP contribution in [0.25, 0.3) is 11.4 Å². The largest absolute Gasteiger partial charge is 0.573 e. The summed E-state index contributed by atoms with van der Waals surface area (Å²) in [6.45, 7) is 0.272. The van der Waals surface area contributed by atoms with Crippen molar-refractivity contribution in [2.75, 3.05) is 10.7 Å². The van der Waals surface area contributed by atoms with Crippen LogP contribution in [-0.2, 0) is 6.54 Å². The predicted octanol–water partition coefficient (Wildman–Crippen LogP) is 6.34. The number of anilines is 2. The van der Waals surface area contributed by atoms with Crippen molar-refractivity contribution >= 4 is 41.3 Å². The number of hydrogen-bond acceptors (Lipinski definition) is 8. The second kappa shape index (κ2) is 11.4. The van der Waals surface area contributed by atoms with E-state index in [1.54, 1.807) is 18.3 Å². The molecule has 0 bridgehead atoms. The maximum Gasteiger partial charge on any atom is 0.573 e. The summed E-state index contributed by atoms with van der Waals surface area (Å²) < 4.78 is 55.3. The molecule has 190 valence electrons. The maximum atomic E-state index is 14.5. The van der Waals surface area contributed by atoms with E-state index >= 15 is 0 Å². The molecule has 0 radical (unpaired) electrons. The minimum atomic E-state index is -4.79. The number of nitrogens with zero attached hydrogens (tertiary/aromatic N) is 5. The number of hydrazone groups is 1. The van der Waals surface area contributed by atoms with Crippen LogP contribution >= 0.6 is 23.2 Å². The third-order valence-corrected chi connectivity index (χ3v) is 5.09. The zero-order chi connectivity index (χ0) is 26.4. The number of aromatic nitrogens is 4. The number of ether oxygens (including phenoxy) is 1. The standard InChI is InChI=1S/C23H15Cl2F4N7O/c24-16-2-1-3-17(26)19(16)20-33-21(31-11-14-6-9-18(25)30-10-14)35-22(34-20)36-32-12-13-4-7-15(8-5-13)37-23(27,28)29/h1-10,12H,11H2,(H2,31,33,34,35,36)/b32-12+. The molecule has 0 spiro atoms. The first-order valence-electron chi connectivity index (χ1n) is 10.4. The first-order chi connectivity index (χ1) is 17.7. The normalized spacial score (nSPS) is 11.5. The van der Waals surface area contributed by atoms with Gasteiger partial charge in [-0.15, -0.1) is 13.2 Å². The second-order valence-corrected chi connectivity index (χ2v) is 8.03. The van der Waals surface area contributed by atoms with Gasteiger partial charge in [-0.2, -0.15) is 20.1 Å². The predicted molar refractivity (Wildman–Crippen MR) is 131 cm³/mol. The SMILES string of the molecule is Fc1cccc(Cl)c1-c1nc(NCc2ccc(Cl)nc2)nc(N/N=C/c2ccc(OC(F)(F)F)cc2)n1. The molecule has 37 heavy (non-hydrogen) atoms. The van der Waals surface area contributed by atoms with Gasteiger partial charge >= 0.3 is 6.36 Å². The van der Waals surface area contributed by atoms with Crippen LogP contribution in [0.15, 0.2) is 65.9 Å². The Morgan fingerprint density at radius 3 is 2.38 bits per heavy atom. The Morgan fingerprint density at radius 2 is 1.70 bits per heavy atom. The Kier molecular flexibility index (Phi) is 7.99. The highest BCUT2D eigenvalue weighted by molar-refractivity contribution is 6.33. The van der Waals surface area contributed by atoms with Gasteiger partial charge < -0.3 is 10.1 Å². The summed E-state index contributed by atoms with van der Waals surface area (Å²) in [5.41, 5.74) is 3.81. The molecule has 0 aliphatic carbocycles. The lowest BCUT2D eigenvalue weighted by atomic mass is 10.2. The van der Waals surface area contributed by atoms with Crippen LogP contribution in [0.1, 0.15) is 11.1 Å². The van der Waals surface area contributed by atoms with Gasteiger partial charge in [0, 0.05) is 12.7 Å². The molecule has 4 aromatic rings. The Morgan fingerprint density at radius 1 is 0.946 bits per heavy atom. The monoisotopic (exact) mass is 551 g/mol. The molecule has 0 atom stereocenters. The zero-order valence-corrected chi connectivity index (χ0v) is 20.0. The molecule has 0 fully saturated rings. The lowest BCUT2D eigenvalue weighted by Crippen LogP contribution is -2.17. The van der Waals surface area contributed by atoms with E-state index < -0.39 is 12.2 Å². The number of nitrogens with one attached hydrogen (secondary N) is 2. The highest BCUT2D eigenvalue weighted by Crippen LogP contribution is 2.29. The Balaban J connectivity index is 1.56. The third-order valence-electron chi connectivity index (χ3n) is 4.55. The average Bonchev–Trinajstić information content (AvgIpc) is 2.84. The van der Waals surface area contributed by atoms with Crippen molar-refractivity contribution in [3.05, 3.63) is 87.9 Å². The third kappa shape index (κ3) is 7.48. The summed E-state index contributed by atoms with van der Waals surface area (Å²) in [6.07, 6.45) is -1.90. The molecule has 8 nitrogen and oxygen atoms in total. The summed E-state index contributed by atoms with van der Waals surface area (Å²) in [4.78, 5) is 16.7. The van der Waals surface area contributed by atoms with Crippen LogP contribution in [0.5, 0.6) is 5.75 Å². The number of halogens is 6. The molecule has 2 heterocycles. The fourth-order valence-electron chi connectivity index (χ4n) is 2.94. The van der Waals surface area contributed by atoms with Crippen LogP contribution in [0.2, 0.25) is 10.2 Å². The van der Waals surface area contributed by atoms with E-state index in [2.05, 4.69) is 40.5 Å². The van der Waals surface area contributed by atoms with Crippen LogP contribution < -0.4 is 15.5 Å². The summed E-state index contributed by atoms with van der Waals surface area (Å²) in [5, 5.41) is 7.42. The number of pyridine rings is 1. The summed E-state index contributed by atoms with van der Waals surface area (Å²) in [5.74, 6) is -1.02. The highest BCUT2D eigenvalue weighted by Gasteiger charge is 2.30. The van der Waals surface area contributed by atoms with Crippen molar-refractivity contribution in [3.63, 3.8) is 0 Å². The molecule has 2 aromatic heterocycles. The van der Waals surface area contributed by atoms with E-state index in [4.69, 9.17) is 23.2 Å². The number of benzene rings is 2. The topological polar surface area (TPSA) is 97.2 Å². The first kappa shape index (κ1) is 26.0. The molecule has 0 saturated carbocycles. The van der Waals surface area contributed by atoms with Crippen LogP contribution in [0, 0.1) is 5.82 Å². The van der Waals surface area contributed by atoms with E-state index in [0.717, 1.165) is 17.7 Å². The first-order valence-corrected chi connectivity index (χ1v) is 11.1. The number of rotatable bonds is 8. The highest BCUT2D eigenvalue weighted by atomic mass is 35.5. The smallest absolute Gasteiger partial charge is 0.406 e. The minimum Gasteiger partial charge on any atom is -0.406 e. The molecule has 0 aliphatic rings. The van der Waals surface area contributed by atoms with Crippen molar-refractivity contribution in [1.82, 2.24) is 19.9 Å². The van der Waals surface area contributed by atoms with E-state index in [0.29, 0.717) is 10.7 Å².